The molecule has 6 heteroatoms. The second kappa shape index (κ2) is 6.75. The van der Waals surface area contributed by atoms with Crippen LogP contribution in [0.25, 0.3) is 0 Å². The lowest BCUT2D eigenvalue weighted by Crippen LogP contribution is -2.53. The Morgan fingerprint density at radius 2 is 1.92 bits per heavy atom. The Kier molecular flexibility index (Phi) is 4.82. The van der Waals surface area contributed by atoms with Crippen LogP contribution in [0.5, 0.6) is 11.5 Å². The van der Waals surface area contributed by atoms with Gasteiger partial charge in [0.25, 0.3) is 0 Å². The van der Waals surface area contributed by atoms with Crippen molar-refractivity contribution < 1.29 is 19.0 Å². The molecule has 1 heterocycles. The van der Waals surface area contributed by atoms with E-state index in [1.807, 2.05) is 39.0 Å². The quantitative estimate of drug-likeness (QED) is 0.826. The number of hydrogen-bond donors (Lipinski definition) is 2. The average molecular weight is 348 g/mol. The molecular weight excluding hydrogens is 320 g/mol. The van der Waals surface area contributed by atoms with Gasteiger partial charge < -0.3 is 24.8 Å². The first-order chi connectivity index (χ1) is 11.8. The van der Waals surface area contributed by atoms with E-state index in [1.54, 1.807) is 0 Å². The summed E-state index contributed by atoms with van der Waals surface area (Å²) in [6.07, 6.45) is 1.99. The molecule has 1 amide bonds. The number of fused-ring (bicyclic) bond motifs is 1. The number of ether oxygens (including phenoxy) is 3. The molecule has 1 unspecified atom stereocenters. The average Bonchev–Trinajstić information content (AvgIpc) is 3.28. The van der Waals surface area contributed by atoms with Crippen LogP contribution in [0.2, 0.25) is 0 Å². The summed E-state index contributed by atoms with van der Waals surface area (Å²) in [6.45, 7) is 9.29. The van der Waals surface area contributed by atoms with Crippen molar-refractivity contribution in [2.75, 3.05) is 13.3 Å². The van der Waals surface area contributed by atoms with E-state index in [9.17, 15) is 4.79 Å². The molecule has 3 rings (SSSR count). The number of benzene rings is 1. The van der Waals surface area contributed by atoms with E-state index in [2.05, 4.69) is 17.6 Å². The number of carbonyl (C=O) groups excluding carboxylic acids is 1. The van der Waals surface area contributed by atoms with Gasteiger partial charge >= 0.3 is 6.09 Å². The van der Waals surface area contributed by atoms with Crippen LogP contribution in [0.3, 0.4) is 0 Å². The molecule has 0 aromatic heterocycles. The van der Waals surface area contributed by atoms with Crippen LogP contribution in [0.15, 0.2) is 18.2 Å². The van der Waals surface area contributed by atoms with Crippen LogP contribution in [0.1, 0.15) is 46.1 Å². The second-order valence-electron chi connectivity index (χ2n) is 8.09. The summed E-state index contributed by atoms with van der Waals surface area (Å²) in [7, 11) is 0. The van der Waals surface area contributed by atoms with E-state index in [4.69, 9.17) is 14.2 Å². The highest BCUT2D eigenvalue weighted by Gasteiger charge is 2.41. The van der Waals surface area contributed by atoms with Crippen LogP contribution in [0.4, 0.5) is 4.79 Å². The molecule has 1 aliphatic carbocycles. The predicted octanol–water partition coefficient (Wildman–Crippen LogP) is 3.20. The van der Waals surface area contributed by atoms with E-state index in [0.29, 0.717) is 19.0 Å². The fraction of sp³-hybridized carbons (Fsp3) is 0.632. The topological polar surface area (TPSA) is 68.8 Å². The minimum atomic E-state index is -0.486. The fourth-order valence-electron chi connectivity index (χ4n) is 3.00. The Morgan fingerprint density at radius 1 is 1.20 bits per heavy atom. The van der Waals surface area contributed by atoms with Gasteiger partial charge in [0.15, 0.2) is 11.5 Å². The predicted molar refractivity (Wildman–Crippen MR) is 94.8 cm³/mol. The van der Waals surface area contributed by atoms with Crippen LogP contribution in [0, 0.1) is 5.92 Å². The molecule has 0 radical (unpaired) electrons. The maximum Gasteiger partial charge on any atom is 0.407 e. The number of rotatable bonds is 6. The summed E-state index contributed by atoms with van der Waals surface area (Å²) in [5.74, 6) is 2.15. The lowest BCUT2D eigenvalue weighted by Gasteiger charge is -2.32. The molecule has 0 spiro atoms. The molecular formula is C19H28N2O4. The normalized spacial score (nSPS) is 18.6. The molecule has 1 atom stereocenters. The molecule has 2 aliphatic rings. The first-order valence-corrected chi connectivity index (χ1v) is 8.86. The molecule has 1 fully saturated rings. The van der Waals surface area contributed by atoms with Crippen LogP contribution >= 0.6 is 0 Å². The summed E-state index contributed by atoms with van der Waals surface area (Å²) in [6, 6.07) is 5.98. The van der Waals surface area contributed by atoms with Gasteiger partial charge in [0.1, 0.15) is 5.60 Å². The van der Waals surface area contributed by atoms with Gasteiger partial charge in [-0.1, -0.05) is 6.07 Å². The van der Waals surface area contributed by atoms with Crippen molar-refractivity contribution in [1.29, 1.82) is 0 Å². The zero-order valence-electron chi connectivity index (χ0n) is 15.5. The Labute approximate surface area is 149 Å². The summed E-state index contributed by atoms with van der Waals surface area (Å²) in [4.78, 5) is 12.0. The first kappa shape index (κ1) is 17.9. The number of hydrogen-bond acceptors (Lipinski definition) is 5. The molecule has 1 saturated carbocycles. The van der Waals surface area contributed by atoms with Crippen molar-refractivity contribution in [1.82, 2.24) is 10.6 Å². The first-order valence-electron chi connectivity index (χ1n) is 8.86. The van der Waals surface area contributed by atoms with Gasteiger partial charge in [-0.2, -0.15) is 0 Å². The van der Waals surface area contributed by atoms with Crippen LogP contribution in [-0.4, -0.2) is 30.6 Å². The van der Waals surface area contributed by atoms with Crippen molar-refractivity contribution in [3.05, 3.63) is 23.8 Å². The van der Waals surface area contributed by atoms with Crippen LogP contribution < -0.4 is 20.1 Å². The standard InChI is InChI=1S/C19H28N2O4/c1-18(2,3)25-17(22)20-11-19(4,14-6-7-14)21-10-13-5-8-15-16(9-13)24-12-23-15/h5,8-9,14,21H,6-7,10-12H2,1-4H3,(H,20,22). The third-order valence-corrected chi connectivity index (χ3v) is 4.61. The van der Waals surface area contributed by atoms with Crippen molar-refractivity contribution in [3.63, 3.8) is 0 Å². The lowest BCUT2D eigenvalue weighted by molar-refractivity contribution is 0.0507. The molecule has 2 N–H and O–H groups in total. The number of alkyl carbamates (subject to hydrolysis) is 1. The third kappa shape index (κ3) is 4.78. The van der Waals surface area contributed by atoms with Gasteiger partial charge in [-0.3, -0.25) is 0 Å². The molecule has 1 aliphatic heterocycles. The lowest BCUT2D eigenvalue weighted by atomic mass is 9.95. The van der Waals surface area contributed by atoms with Gasteiger partial charge in [0, 0.05) is 18.6 Å². The highest BCUT2D eigenvalue weighted by atomic mass is 16.7. The summed E-state index contributed by atoms with van der Waals surface area (Å²) < 4.78 is 16.1. The van der Waals surface area contributed by atoms with Gasteiger partial charge in [-0.15, -0.1) is 0 Å². The van der Waals surface area contributed by atoms with E-state index >= 15 is 0 Å². The van der Waals surface area contributed by atoms with Gasteiger partial charge in [-0.05, 0) is 64.2 Å². The van der Waals surface area contributed by atoms with Crippen molar-refractivity contribution in [3.8, 4) is 11.5 Å². The maximum atomic E-state index is 12.0. The number of carbonyl (C=O) groups is 1. The summed E-state index contributed by atoms with van der Waals surface area (Å²) in [5.41, 5.74) is 0.487. The second-order valence-corrected chi connectivity index (χ2v) is 8.09. The van der Waals surface area contributed by atoms with Crippen LogP contribution in [-0.2, 0) is 11.3 Å². The zero-order valence-corrected chi connectivity index (χ0v) is 15.5. The van der Waals surface area contributed by atoms with Gasteiger partial charge in [0.05, 0.1) is 0 Å². The molecule has 0 bridgehead atoms. The minimum absolute atomic E-state index is 0.159. The van der Waals surface area contributed by atoms with Crippen molar-refractivity contribution in [2.45, 2.75) is 58.2 Å². The summed E-state index contributed by atoms with van der Waals surface area (Å²) >= 11 is 0. The highest BCUT2D eigenvalue weighted by Crippen LogP contribution is 2.40. The number of nitrogens with one attached hydrogen (secondary N) is 2. The Hall–Kier alpha value is -1.95. The summed E-state index contributed by atoms with van der Waals surface area (Å²) in [5, 5.41) is 6.53. The van der Waals surface area contributed by atoms with Crippen molar-refractivity contribution in [2.24, 2.45) is 5.92 Å². The Morgan fingerprint density at radius 3 is 2.60 bits per heavy atom. The molecule has 138 valence electrons. The molecule has 0 saturated heterocycles. The van der Waals surface area contributed by atoms with Gasteiger partial charge in [0.2, 0.25) is 6.79 Å². The Bertz CT molecular complexity index is 637. The smallest absolute Gasteiger partial charge is 0.407 e. The minimum Gasteiger partial charge on any atom is -0.454 e. The third-order valence-electron chi connectivity index (χ3n) is 4.61. The van der Waals surface area contributed by atoms with E-state index in [1.165, 1.54) is 12.8 Å². The number of amides is 1. The largest absolute Gasteiger partial charge is 0.454 e. The Balaban J connectivity index is 1.56. The van der Waals surface area contributed by atoms with Gasteiger partial charge in [-0.25, -0.2) is 4.79 Å². The fourth-order valence-corrected chi connectivity index (χ4v) is 3.00. The zero-order chi connectivity index (χ0) is 18.1. The molecule has 1 aromatic carbocycles. The van der Waals surface area contributed by atoms with E-state index in [-0.39, 0.29) is 18.4 Å². The molecule has 6 nitrogen and oxygen atoms in total. The molecule has 1 aromatic rings. The van der Waals surface area contributed by atoms with Crippen molar-refractivity contribution >= 4 is 6.09 Å². The monoisotopic (exact) mass is 348 g/mol. The van der Waals surface area contributed by atoms with E-state index < -0.39 is 5.60 Å². The maximum absolute atomic E-state index is 12.0. The molecule has 25 heavy (non-hydrogen) atoms. The SMILES string of the molecule is CC(C)(C)OC(=O)NCC(C)(NCc1ccc2c(c1)OCO2)C1CC1. The highest BCUT2D eigenvalue weighted by molar-refractivity contribution is 5.67. The van der Waals surface area contributed by atoms with E-state index in [0.717, 1.165) is 17.1 Å².